The van der Waals surface area contributed by atoms with Gasteiger partial charge in [-0.1, -0.05) is 51.5 Å². The summed E-state index contributed by atoms with van der Waals surface area (Å²) in [5.41, 5.74) is 4.18. The van der Waals surface area contributed by atoms with Gasteiger partial charge in [-0.2, -0.15) is 0 Å². The molecule has 0 amide bonds. The molecule has 0 saturated heterocycles. The smallest absolute Gasteiger partial charge is 0.167 e. The summed E-state index contributed by atoms with van der Waals surface area (Å²) in [5, 5.41) is 1.07. The summed E-state index contributed by atoms with van der Waals surface area (Å²) in [6.45, 7) is 6.81. The molecule has 3 rings (SSSR count). The number of benzene rings is 1. The van der Waals surface area contributed by atoms with Gasteiger partial charge in [0.1, 0.15) is 0 Å². The van der Waals surface area contributed by atoms with Crippen LogP contribution in [0.3, 0.4) is 0 Å². The van der Waals surface area contributed by atoms with E-state index in [4.69, 9.17) is 0 Å². The van der Waals surface area contributed by atoms with Gasteiger partial charge in [-0.25, -0.2) is 0 Å². The molecule has 3 heteroatoms. The molecule has 0 N–H and O–H groups in total. The van der Waals surface area contributed by atoms with Crippen molar-refractivity contribution >= 4 is 16.7 Å². The van der Waals surface area contributed by atoms with Gasteiger partial charge in [0.2, 0.25) is 0 Å². The maximum atomic E-state index is 12.9. The molecule has 0 saturated carbocycles. The zero-order valence-electron chi connectivity index (χ0n) is 14.6. The second-order valence-electron chi connectivity index (χ2n) is 6.52. The van der Waals surface area contributed by atoms with Crippen LogP contribution in [0.25, 0.3) is 10.9 Å². The van der Waals surface area contributed by atoms with Crippen molar-refractivity contribution in [3.8, 4) is 0 Å². The van der Waals surface area contributed by atoms with Crippen molar-refractivity contribution in [3.05, 3.63) is 65.6 Å². The molecule has 0 aliphatic carbocycles. The van der Waals surface area contributed by atoms with Crippen molar-refractivity contribution in [2.24, 2.45) is 5.92 Å². The van der Waals surface area contributed by atoms with Crippen LogP contribution in [0, 0.1) is 5.92 Å². The molecule has 0 radical (unpaired) electrons. The predicted octanol–water partition coefficient (Wildman–Crippen LogP) is 4.88. The lowest BCUT2D eigenvalue weighted by molar-refractivity contribution is 0.0940. The Bertz CT molecular complexity index is 847. The van der Waals surface area contributed by atoms with Crippen LogP contribution in [0.4, 0.5) is 0 Å². The molecular weight excluding hydrogens is 296 g/mol. The first-order chi connectivity index (χ1) is 11.6. The van der Waals surface area contributed by atoms with Crippen LogP contribution in [-0.2, 0) is 13.0 Å². The van der Waals surface area contributed by atoms with Crippen molar-refractivity contribution in [3.63, 3.8) is 0 Å². The molecule has 124 valence electrons. The van der Waals surface area contributed by atoms with E-state index in [-0.39, 0.29) is 11.7 Å². The van der Waals surface area contributed by atoms with E-state index in [1.807, 2.05) is 50.4 Å². The van der Waals surface area contributed by atoms with Crippen LogP contribution in [0.15, 0.2) is 48.7 Å². The van der Waals surface area contributed by atoms with Crippen molar-refractivity contribution in [2.45, 2.75) is 40.2 Å². The Morgan fingerprint density at radius 3 is 2.54 bits per heavy atom. The average molecular weight is 320 g/mol. The Hall–Kier alpha value is -2.42. The highest BCUT2D eigenvalue weighted by Gasteiger charge is 2.23. The number of para-hydroxylation sites is 1. The zero-order valence-corrected chi connectivity index (χ0v) is 14.6. The number of nitrogens with zero attached hydrogens (tertiary/aromatic N) is 2. The van der Waals surface area contributed by atoms with Crippen molar-refractivity contribution in [2.75, 3.05) is 0 Å². The van der Waals surface area contributed by atoms with Gasteiger partial charge >= 0.3 is 0 Å². The van der Waals surface area contributed by atoms with Gasteiger partial charge in [0.15, 0.2) is 5.78 Å². The van der Waals surface area contributed by atoms with Crippen molar-refractivity contribution in [1.82, 2.24) is 9.55 Å². The van der Waals surface area contributed by atoms with Crippen LogP contribution in [0.5, 0.6) is 0 Å². The van der Waals surface area contributed by atoms with E-state index in [0.29, 0.717) is 6.54 Å². The minimum absolute atomic E-state index is 0.00490. The monoisotopic (exact) mass is 320 g/mol. The number of carbonyl (C=O) groups is 1. The SMILES string of the molecule is CCCc1c(C(=O)C(C)C)c2ccccc2n1Cc1ccccn1. The first-order valence-corrected chi connectivity index (χ1v) is 8.67. The van der Waals surface area contributed by atoms with Gasteiger partial charge in [-0.15, -0.1) is 0 Å². The lowest BCUT2D eigenvalue weighted by Crippen LogP contribution is -2.12. The highest BCUT2D eigenvalue weighted by atomic mass is 16.1. The standard InChI is InChI=1S/C21H24N2O/c1-4-9-19-20(21(24)15(2)3)17-11-5-6-12-18(17)23(19)14-16-10-7-8-13-22-16/h5-8,10-13,15H,4,9,14H2,1-3H3. The van der Waals surface area contributed by atoms with Crippen LogP contribution >= 0.6 is 0 Å². The Morgan fingerprint density at radius 2 is 1.88 bits per heavy atom. The summed E-state index contributed by atoms with van der Waals surface area (Å²) < 4.78 is 2.27. The molecule has 0 atom stereocenters. The molecule has 2 aromatic heterocycles. The van der Waals surface area contributed by atoms with E-state index in [9.17, 15) is 4.79 Å². The van der Waals surface area contributed by atoms with Crippen molar-refractivity contribution < 1.29 is 4.79 Å². The van der Waals surface area contributed by atoms with E-state index in [1.54, 1.807) is 0 Å². The molecule has 1 aromatic carbocycles. The first-order valence-electron chi connectivity index (χ1n) is 8.67. The van der Waals surface area contributed by atoms with Crippen LogP contribution in [0.1, 0.15) is 48.9 Å². The van der Waals surface area contributed by atoms with Gasteiger partial charge in [0, 0.05) is 34.3 Å². The minimum Gasteiger partial charge on any atom is -0.338 e. The topological polar surface area (TPSA) is 34.9 Å². The third-order valence-corrected chi connectivity index (χ3v) is 4.38. The highest BCUT2D eigenvalue weighted by molar-refractivity contribution is 6.10. The number of aromatic nitrogens is 2. The predicted molar refractivity (Wildman–Crippen MR) is 98.4 cm³/mol. The fourth-order valence-corrected chi connectivity index (χ4v) is 3.25. The van der Waals surface area contributed by atoms with E-state index in [2.05, 4.69) is 28.6 Å². The molecular formula is C21H24N2O. The van der Waals surface area contributed by atoms with Crippen molar-refractivity contribution in [1.29, 1.82) is 0 Å². The Morgan fingerprint density at radius 1 is 1.12 bits per heavy atom. The summed E-state index contributed by atoms with van der Waals surface area (Å²) in [6.07, 6.45) is 3.73. The normalized spacial score (nSPS) is 11.3. The number of carbonyl (C=O) groups excluding carboxylic acids is 1. The molecule has 0 aliphatic rings. The van der Waals surface area contributed by atoms with Gasteiger partial charge in [0.05, 0.1) is 12.2 Å². The first kappa shape index (κ1) is 16.4. The highest BCUT2D eigenvalue weighted by Crippen LogP contribution is 2.30. The zero-order chi connectivity index (χ0) is 17.1. The van der Waals surface area contributed by atoms with Gasteiger partial charge in [0.25, 0.3) is 0 Å². The third-order valence-electron chi connectivity index (χ3n) is 4.38. The average Bonchev–Trinajstić information content (AvgIpc) is 2.89. The summed E-state index contributed by atoms with van der Waals surface area (Å²) >= 11 is 0. The van der Waals surface area contributed by atoms with Gasteiger partial charge < -0.3 is 4.57 Å². The molecule has 0 aliphatic heterocycles. The summed E-state index contributed by atoms with van der Waals surface area (Å²) in [6, 6.07) is 14.2. The number of hydrogen-bond acceptors (Lipinski definition) is 2. The Kier molecular flexibility index (Phi) is 4.79. The van der Waals surface area contributed by atoms with Crippen LogP contribution in [-0.4, -0.2) is 15.3 Å². The molecule has 3 nitrogen and oxygen atoms in total. The van der Waals surface area contributed by atoms with Gasteiger partial charge in [-0.05, 0) is 24.6 Å². The quantitative estimate of drug-likeness (QED) is 0.607. The summed E-state index contributed by atoms with van der Waals surface area (Å²) in [7, 11) is 0. The fraction of sp³-hybridized carbons (Fsp3) is 0.333. The lowest BCUT2D eigenvalue weighted by Gasteiger charge is -2.12. The Labute approximate surface area is 143 Å². The number of pyridine rings is 1. The molecule has 3 aromatic rings. The van der Waals surface area contributed by atoms with E-state index < -0.39 is 0 Å². The number of fused-ring (bicyclic) bond motifs is 1. The molecule has 0 spiro atoms. The third kappa shape index (κ3) is 2.99. The molecule has 0 bridgehead atoms. The lowest BCUT2D eigenvalue weighted by atomic mass is 9.97. The number of hydrogen-bond donors (Lipinski definition) is 0. The summed E-state index contributed by atoms with van der Waals surface area (Å²) in [5.74, 6) is 0.226. The largest absolute Gasteiger partial charge is 0.338 e. The second kappa shape index (κ2) is 7.00. The van der Waals surface area contributed by atoms with E-state index in [1.165, 1.54) is 0 Å². The number of rotatable bonds is 6. The summed E-state index contributed by atoms with van der Waals surface area (Å²) in [4.78, 5) is 17.4. The number of Topliss-reactive ketones (excluding diaryl/α,β-unsaturated/α-hetero) is 1. The van der Waals surface area contributed by atoms with Gasteiger partial charge in [-0.3, -0.25) is 9.78 Å². The minimum atomic E-state index is -0.00490. The van der Waals surface area contributed by atoms with Crippen LogP contribution in [0.2, 0.25) is 0 Å². The fourth-order valence-electron chi connectivity index (χ4n) is 3.25. The Balaban J connectivity index is 2.23. The molecule has 0 unspecified atom stereocenters. The maximum Gasteiger partial charge on any atom is 0.167 e. The second-order valence-corrected chi connectivity index (χ2v) is 6.52. The maximum absolute atomic E-state index is 12.9. The van der Waals surface area contributed by atoms with E-state index >= 15 is 0 Å². The molecule has 2 heterocycles. The number of ketones is 1. The van der Waals surface area contributed by atoms with E-state index in [0.717, 1.165) is 40.7 Å². The molecule has 0 fully saturated rings. The van der Waals surface area contributed by atoms with Crippen LogP contribution < -0.4 is 0 Å². The molecule has 24 heavy (non-hydrogen) atoms.